The maximum Gasteiger partial charge on any atom is 0.326 e. The van der Waals surface area contributed by atoms with Crippen LogP contribution in [-0.2, 0) is 83.1 Å². The second kappa shape index (κ2) is 42.5. The number of rotatable bonds is 45. The van der Waals surface area contributed by atoms with Gasteiger partial charge in [0.2, 0.25) is 82.7 Å². The summed E-state index contributed by atoms with van der Waals surface area (Å²) in [6.45, 7) is 1.96. The molecule has 1 aromatic heterocycles. The van der Waals surface area contributed by atoms with Crippen LogP contribution in [0.15, 0.2) is 17.5 Å². The molecule has 0 saturated carbocycles. The van der Waals surface area contributed by atoms with E-state index in [1.165, 1.54) is 17.4 Å². The van der Waals surface area contributed by atoms with Crippen LogP contribution in [-0.4, -0.2) is 242 Å². The molecule has 536 valence electrons. The number of carbonyl (C=O) groups excluding carboxylic acids is 14. The average molecular weight is 1380 g/mol. The van der Waals surface area contributed by atoms with Crippen molar-refractivity contribution < 1.29 is 92.0 Å². The van der Waals surface area contributed by atoms with E-state index in [1.54, 1.807) is 13.8 Å². The standard InChI is InChI=1S/C55H91N21O19S/c1-26(2)16-32(71-51(91)37(24-96)75-52(92)38-10-7-15-76(38)53(93)34(17-28-20-62-25-66-28)73-48(88)31(11-12-39(58)78)70-45(85)29(57)8-4-5-13-56)49(89)72-33(19-43(82)83)46(86)65-22-42(81)69-36(23-77)50(90)67-27(3)44(84)64-21-41(80)68-30(9-6-14-63-55(60)61)47(87)74-35(54(94)95)18-40(59)79/h20,25-27,29-38,77,96H,4-19,21-24,56-57H2,1-3H3,(H2,58,78)(H2,59,79)(H,62,66)(H,64,84)(H,65,86)(H,67,90)(H,68,80)(H,69,81)(H,70,85)(H,71,91)(H,72,89)(H,73,88)(H,74,87)(H,75,92)(H,82,83)(H,94,95)(H4,60,61,63)/t27-,29-,30-,31-,32-,33-,34-,35-,36-,37-,38-/m0/s1. The number of nitrogens with zero attached hydrogens (tertiary/aromatic N) is 3. The number of nitrogens with two attached hydrogens (primary N) is 6. The van der Waals surface area contributed by atoms with Gasteiger partial charge in [-0.3, -0.25) is 76.9 Å². The zero-order valence-electron chi connectivity index (χ0n) is 53.4. The molecule has 1 fully saturated rings. The molecule has 0 aliphatic carbocycles. The van der Waals surface area contributed by atoms with Gasteiger partial charge < -0.3 is 118 Å². The van der Waals surface area contributed by atoms with Crippen LogP contribution in [0.2, 0.25) is 0 Å². The number of nitrogens with one attached hydrogen (secondary N) is 12. The van der Waals surface area contributed by atoms with Crippen molar-refractivity contribution >= 4 is 113 Å². The fourth-order valence-electron chi connectivity index (χ4n) is 9.28. The fourth-order valence-corrected chi connectivity index (χ4v) is 9.54. The summed E-state index contributed by atoms with van der Waals surface area (Å²) in [7, 11) is 0. The third kappa shape index (κ3) is 30.5. The molecule has 2 heterocycles. The second-order valence-electron chi connectivity index (χ2n) is 22.7. The van der Waals surface area contributed by atoms with Crippen molar-refractivity contribution in [2.75, 3.05) is 45.1 Å². The third-order valence-electron chi connectivity index (χ3n) is 14.3. The number of carboxylic acid groups (broad SMARTS) is 2. The number of imidazole rings is 1. The number of aliphatic carboxylic acids is 2. The van der Waals surface area contributed by atoms with Gasteiger partial charge in [0.1, 0.15) is 60.4 Å². The number of carboxylic acids is 2. The van der Waals surface area contributed by atoms with Crippen molar-refractivity contribution in [2.45, 2.75) is 171 Å². The van der Waals surface area contributed by atoms with Gasteiger partial charge in [-0.2, -0.15) is 12.6 Å². The topological polar surface area (TPSA) is 667 Å². The smallest absolute Gasteiger partial charge is 0.326 e. The fraction of sp³-hybridized carbons (Fsp3) is 0.636. The van der Waals surface area contributed by atoms with Gasteiger partial charge in [-0.25, -0.2) is 9.78 Å². The first kappa shape index (κ1) is 82.3. The maximum absolute atomic E-state index is 14.5. The Balaban J connectivity index is 2.15. The van der Waals surface area contributed by atoms with Crippen LogP contribution in [0.4, 0.5) is 0 Å². The first-order valence-electron chi connectivity index (χ1n) is 30.5. The largest absolute Gasteiger partial charge is 0.481 e. The molecule has 0 bridgehead atoms. The van der Waals surface area contributed by atoms with E-state index in [0.717, 1.165) is 6.92 Å². The summed E-state index contributed by atoms with van der Waals surface area (Å²) in [5, 5.41) is 54.5. The number of aliphatic hydroxyl groups excluding tert-OH is 1. The summed E-state index contributed by atoms with van der Waals surface area (Å²) in [4.78, 5) is 220. The Labute approximate surface area is 556 Å². The SMILES string of the molecule is CC(C)C[C@H](NC(=O)[C@H](CS)NC(=O)[C@@H]1CCCN1C(=O)[C@H](Cc1cnc[nH]1)NC(=O)[C@H](CCC(N)=O)NC(=O)[C@@H](N)CCCCN)C(=O)N[C@@H](CC(=O)O)C(=O)NCC(=O)N[C@@H](CO)C(=O)N[C@@H](C)C(=O)NCC(=O)N[C@@H](CCCN=C(N)N)C(=O)N[C@@H](CC(N)=O)C(=O)O. The van der Waals surface area contributed by atoms with E-state index < -0.39 is 194 Å². The van der Waals surface area contributed by atoms with Crippen molar-refractivity contribution in [3.63, 3.8) is 0 Å². The van der Waals surface area contributed by atoms with E-state index in [4.69, 9.17) is 34.4 Å². The molecule has 40 nitrogen and oxygen atoms in total. The molecule has 0 spiro atoms. The number of likely N-dealkylation sites (tertiary alicyclic amines) is 1. The van der Waals surface area contributed by atoms with E-state index >= 15 is 0 Å². The molecule has 1 aromatic rings. The predicted octanol–water partition coefficient (Wildman–Crippen LogP) is -10.3. The minimum Gasteiger partial charge on any atom is -0.481 e. The number of thiol groups is 1. The lowest BCUT2D eigenvalue weighted by atomic mass is 10.0. The van der Waals surface area contributed by atoms with Crippen molar-refractivity contribution in [3.05, 3.63) is 18.2 Å². The first-order chi connectivity index (χ1) is 45.2. The molecule has 96 heavy (non-hydrogen) atoms. The molecule has 1 aliphatic heterocycles. The second-order valence-corrected chi connectivity index (χ2v) is 23.1. The number of carbonyl (C=O) groups is 16. The quantitative estimate of drug-likeness (QED) is 0.0125. The molecule has 0 unspecified atom stereocenters. The highest BCUT2D eigenvalue weighted by molar-refractivity contribution is 7.80. The molecule has 27 N–H and O–H groups in total. The van der Waals surface area contributed by atoms with Crippen molar-refractivity contribution in [3.8, 4) is 0 Å². The highest BCUT2D eigenvalue weighted by Gasteiger charge is 2.41. The lowest BCUT2D eigenvalue weighted by molar-refractivity contribution is -0.143. The Morgan fingerprint density at radius 3 is 1.75 bits per heavy atom. The van der Waals surface area contributed by atoms with E-state index in [2.05, 4.69) is 86.1 Å². The Bertz CT molecular complexity index is 2920. The molecule has 0 radical (unpaired) electrons. The summed E-state index contributed by atoms with van der Waals surface area (Å²) < 4.78 is 0. The van der Waals surface area contributed by atoms with E-state index in [0.29, 0.717) is 31.5 Å². The van der Waals surface area contributed by atoms with Crippen LogP contribution >= 0.6 is 12.6 Å². The summed E-state index contributed by atoms with van der Waals surface area (Å²) in [6.07, 6.45) is 1.62. The molecule has 1 aliphatic rings. The number of aromatic nitrogens is 2. The van der Waals surface area contributed by atoms with Gasteiger partial charge in [0, 0.05) is 43.6 Å². The van der Waals surface area contributed by atoms with Gasteiger partial charge in [-0.05, 0) is 70.8 Å². The van der Waals surface area contributed by atoms with Crippen LogP contribution in [0.25, 0.3) is 0 Å². The van der Waals surface area contributed by atoms with Gasteiger partial charge in [-0.1, -0.05) is 20.3 Å². The number of aromatic amines is 1. The number of H-pyrrole nitrogens is 1. The summed E-state index contributed by atoms with van der Waals surface area (Å²) >= 11 is 4.24. The van der Waals surface area contributed by atoms with Gasteiger partial charge >= 0.3 is 11.9 Å². The Morgan fingerprint density at radius 1 is 0.635 bits per heavy atom. The average Bonchev–Trinajstić information content (AvgIpc) is 1.62. The molecule has 2 rings (SSSR count). The summed E-state index contributed by atoms with van der Waals surface area (Å²) in [6, 6.07) is -16.4. The van der Waals surface area contributed by atoms with Crippen molar-refractivity contribution in [1.82, 2.24) is 73.4 Å². The number of aliphatic imine (C=N–C) groups is 1. The number of unbranched alkanes of at least 4 members (excludes halogenated alkanes) is 1. The summed E-state index contributed by atoms with van der Waals surface area (Å²) in [5.41, 5.74) is 33.1. The molecular formula is C55H91N21O19S. The lowest BCUT2D eigenvalue weighted by Crippen LogP contribution is -2.60. The Hall–Kier alpha value is -9.77. The highest BCUT2D eigenvalue weighted by atomic mass is 32.1. The zero-order chi connectivity index (χ0) is 72.4. The molecule has 41 heteroatoms. The molecular weight excluding hydrogens is 1290 g/mol. The van der Waals surface area contributed by atoms with Crippen LogP contribution < -0.4 is 92.9 Å². The zero-order valence-corrected chi connectivity index (χ0v) is 54.2. The number of hydrogen-bond acceptors (Lipinski definition) is 22. The van der Waals surface area contributed by atoms with Gasteiger partial charge in [-0.15, -0.1) is 0 Å². The van der Waals surface area contributed by atoms with Crippen LogP contribution in [0, 0.1) is 5.92 Å². The number of guanidine groups is 1. The third-order valence-corrected chi connectivity index (χ3v) is 14.6. The van der Waals surface area contributed by atoms with Gasteiger partial charge in [0.05, 0.1) is 44.9 Å². The van der Waals surface area contributed by atoms with Crippen molar-refractivity contribution in [2.24, 2.45) is 45.3 Å². The number of hydrogen-bond donors (Lipinski definition) is 22. The number of aliphatic hydroxyl groups is 1. The molecule has 0 aromatic carbocycles. The minimum atomic E-state index is -1.91. The number of amides is 14. The minimum absolute atomic E-state index is 0.0112. The number of primary amides is 2. The summed E-state index contributed by atoms with van der Waals surface area (Å²) in [5.74, 6) is -17.8. The highest BCUT2D eigenvalue weighted by Crippen LogP contribution is 2.21. The Kier molecular flexibility index (Phi) is 36.5. The molecule has 1 saturated heterocycles. The van der Waals surface area contributed by atoms with Crippen molar-refractivity contribution in [1.29, 1.82) is 0 Å². The molecule has 11 atom stereocenters. The lowest BCUT2D eigenvalue weighted by Gasteiger charge is -2.31. The van der Waals surface area contributed by atoms with Crippen LogP contribution in [0.3, 0.4) is 0 Å². The van der Waals surface area contributed by atoms with Crippen LogP contribution in [0.5, 0.6) is 0 Å². The van der Waals surface area contributed by atoms with Gasteiger partial charge in [0.15, 0.2) is 5.96 Å². The first-order valence-corrected chi connectivity index (χ1v) is 31.1. The molecule has 14 amide bonds. The monoisotopic (exact) mass is 1380 g/mol. The van der Waals surface area contributed by atoms with Crippen LogP contribution in [0.1, 0.15) is 104 Å². The van der Waals surface area contributed by atoms with Gasteiger partial charge in [0.25, 0.3) is 0 Å². The predicted molar refractivity (Wildman–Crippen MR) is 339 cm³/mol. The van der Waals surface area contributed by atoms with E-state index in [9.17, 15) is 92.0 Å². The van der Waals surface area contributed by atoms with E-state index in [-0.39, 0.29) is 82.1 Å². The Morgan fingerprint density at radius 2 is 1.20 bits per heavy atom. The van der Waals surface area contributed by atoms with E-state index in [1.807, 2.05) is 0 Å². The normalized spacial score (nSPS) is 15.7. The maximum atomic E-state index is 14.5.